The van der Waals surface area contributed by atoms with Crippen molar-refractivity contribution in [3.63, 3.8) is 0 Å². The molecule has 2 aliphatic heterocycles. The monoisotopic (exact) mass is 474 g/mol. The fourth-order valence-electron chi connectivity index (χ4n) is 4.60. The van der Waals surface area contributed by atoms with Gasteiger partial charge in [0.25, 0.3) is 0 Å². The SMILES string of the molecule is C[C@H]1CN(C(=O)OC(C)(C)C)CCN1c1ncnc2c1c(N1CCC1)cn2-c1cc(C#N)ccn1. The van der Waals surface area contributed by atoms with Crippen molar-refractivity contribution in [1.29, 1.82) is 5.26 Å². The number of anilines is 2. The Kier molecular flexibility index (Phi) is 5.71. The molecule has 2 fully saturated rings. The third kappa shape index (κ3) is 4.34. The largest absolute Gasteiger partial charge is 0.444 e. The Morgan fingerprint density at radius 1 is 1.17 bits per heavy atom. The summed E-state index contributed by atoms with van der Waals surface area (Å²) in [6.45, 7) is 11.4. The highest BCUT2D eigenvalue weighted by Crippen LogP contribution is 2.38. The molecule has 0 aromatic carbocycles. The van der Waals surface area contributed by atoms with Crippen molar-refractivity contribution in [3.8, 4) is 11.9 Å². The van der Waals surface area contributed by atoms with Crippen LogP contribution in [0.4, 0.5) is 16.3 Å². The fourth-order valence-corrected chi connectivity index (χ4v) is 4.60. The number of ether oxygens (including phenoxy) is 1. The summed E-state index contributed by atoms with van der Waals surface area (Å²) >= 11 is 0. The molecule has 3 aromatic heterocycles. The standard InChI is InChI=1S/C25H30N8O2/c1-17-14-31(24(34)35-25(2,3)4)10-11-32(17)22-21-19(30-8-5-9-30)15-33(23(21)29-16-28-22)20-12-18(13-26)6-7-27-20/h6-7,12,15-17H,5,8-11,14H2,1-4H3/t17-/m0/s1. The van der Waals surface area contributed by atoms with E-state index < -0.39 is 5.60 Å². The molecule has 2 saturated heterocycles. The minimum Gasteiger partial charge on any atom is -0.444 e. The smallest absolute Gasteiger partial charge is 0.410 e. The highest BCUT2D eigenvalue weighted by Gasteiger charge is 2.33. The number of rotatable bonds is 3. The number of nitrogens with zero attached hydrogens (tertiary/aromatic N) is 8. The second-order valence-electron chi connectivity index (χ2n) is 10.1. The van der Waals surface area contributed by atoms with Gasteiger partial charge in [0, 0.05) is 51.2 Å². The molecule has 1 amide bonds. The van der Waals surface area contributed by atoms with Crippen molar-refractivity contribution in [3.05, 3.63) is 36.4 Å². The molecule has 10 nitrogen and oxygen atoms in total. The fraction of sp³-hybridized carbons (Fsp3) is 0.480. The van der Waals surface area contributed by atoms with Crippen LogP contribution < -0.4 is 9.80 Å². The summed E-state index contributed by atoms with van der Waals surface area (Å²) in [7, 11) is 0. The van der Waals surface area contributed by atoms with Crippen LogP contribution in [0, 0.1) is 11.3 Å². The van der Waals surface area contributed by atoms with Gasteiger partial charge in [-0.1, -0.05) is 0 Å². The second kappa shape index (κ2) is 8.73. The maximum absolute atomic E-state index is 12.6. The predicted octanol–water partition coefficient (Wildman–Crippen LogP) is 3.34. The van der Waals surface area contributed by atoms with Crippen LogP contribution in [0.2, 0.25) is 0 Å². The van der Waals surface area contributed by atoms with Gasteiger partial charge >= 0.3 is 6.09 Å². The first-order valence-electron chi connectivity index (χ1n) is 12.0. The van der Waals surface area contributed by atoms with E-state index in [-0.39, 0.29) is 12.1 Å². The zero-order valence-corrected chi connectivity index (χ0v) is 20.6. The predicted molar refractivity (Wildman–Crippen MR) is 133 cm³/mol. The zero-order valence-electron chi connectivity index (χ0n) is 20.6. The molecular formula is C25H30N8O2. The highest BCUT2D eigenvalue weighted by molar-refractivity contribution is 6.01. The van der Waals surface area contributed by atoms with E-state index in [9.17, 15) is 10.1 Å². The summed E-state index contributed by atoms with van der Waals surface area (Å²) in [6, 6.07) is 5.69. The number of carbonyl (C=O) groups is 1. The molecule has 0 unspecified atom stereocenters. The number of hydrogen-bond donors (Lipinski definition) is 0. The van der Waals surface area contributed by atoms with Crippen LogP contribution in [0.1, 0.15) is 39.7 Å². The second-order valence-corrected chi connectivity index (χ2v) is 10.1. The van der Waals surface area contributed by atoms with Crippen molar-refractivity contribution < 1.29 is 9.53 Å². The lowest BCUT2D eigenvalue weighted by molar-refractivity contribution is 0.0218. The Hall–Kier alpha value is -3.87. The molecular weight excluding hydrogens is 444 g/mol. The van der Waals surface area contributed by atoms with Crippen molar-refractivity contribution in [2.75, 3.05) is 42.5 Å². The van der Waals surface area contributed by atoms with Gasteiger partial charge in [-0.2, -0.15) is 5.26 Å². The van der Waals surface area contributed by atoms with Crippen molar-refractivity contribution in [2.45, 2.75) is 45.8 Å². The first kappa shape index (κ1) is 22.9. The quantitative estimate of drug-likeness (QED) is 0.569. The summed E-state index contributed by atoms with van der Waals surface area (Å²) in [5.41, 5.74) is 1.83. The lowest BCUT2D eigenvalue weighted by Gasteiger charge is -2.41. The minimum atomic E-state index is -0.526. The number of nitriles is 1. The number of aromatic nitrogens is 4. The number of piperazine rings is 1. The Bertz CT molecular complexity index is 1300. The van der Waals surface area contributed by atoms with E-state index in [1.165, 1.54) is 0 Å². The maximum atomic E-state index is 12.6. The van der Waals surface area contributed by atoms with E-state index in [2.05, 4.69) is 32.8 Å². The molecule has 3 aromatic rings. The Morgan fingerprint density at radius 3 is 2.63 bits per heavy atom. The molecule has 0 aliphatic carbocycles. The van der Waals surface area contributed by atoms with Crippen LogP contribution >= 0.6 is 0 Å². The molecule has 5 rings (SSSR count). The molecule has 35 heavy (non-hydrogen) atoms. The number of hydrogen-bond acceptors (Lipinski definition) is 8. The summed E-state index contributed by atoms with van der Waals surface area (Å²) in [4.78, 5) is 32.8. The average molecular weight is 475 g/mol. The van der Waals surface area contributed by atoms with Crippen LogP contribution in [0.15, 0.2) is 30.9 Å². The zero-order chi connectivity index (χ0) is 24.7. The first-order valence-corrected chi connectivity index (χ1v) is 12.0. The van der Waals surface area contributed by atoms with Crippen molar-refractivity contribution in [2.24, 2.45) is 0 Å². The van der Waals surface area contributed by atoms with Crippen LogP contribution in [-0.2, 0) is 4.74 Å². The third-order valence-electron chi connectivity index (χ3n) is 6.41. The van der Waals surface area contributed by atoms with Crippen LogP contribution in [-0.4, -0.2) is 74.9 Å². The van der Waals surface area contributed by atoms with Gasteiger partial charge in [-0.3, -0.25) is 4.57 Å². The van der Waals surface area contributed by atoms with Crippen LogP contribution in [0.25, 0.3) is 16.9 Å². The lowest BCUT2D eigenvalue weighted by atomic mass is 10.1. The van der Waals surface area contributed by atoms with Gasteiger partial charge in [-0.05, 0) is 46.2 Å². The van der Waals surface area contributed by atoms with Crippen LogP contribution in [0.5, 0.6) is 0 Å². The third-order valence-corrected chi connectivity index (χ3v) is 6.41. The van der Waals surface area contributed by atoms with Crippen molar-refractivity contribution >= 4 is 28.6 Å². The Labute approximate surface area is 204 Å². The van der Waals surface area contributed by atoms with Gasteiger partial charge in [-0.15, -0.1) is 0 Å². The lowest BCUT2D eigenvalue weighted by Crippen LogP contribution is -2.55. The molecule has 0 saturated carbocycles. The van der Waals surface area contributed by atoms with Gasteiger partial charge in [-0.25, -0.2) is 19.7 Å². The molecule has 2 aliphatic rings. The van der Waals surface area contributed by atoms with Crippen molar-refractivity contribution in [1.82, 2.24) is 24.4 Å². The molecule has 10 heteroatoms. The van der Waals surface area contributed by atoms with Gasteiger partial charge in [0.05, 0.1) is 22.7 Å². The number of amides is 1. The summed E-state index contributed by atoms with van der Waals surface area (Å²) in [6.07, 6.45) is 6.13. The highest BCUT2D eigenvalue weighted by atomic mass is 16.6. The average Bonchev–Trinajstić information content (AvgIpc) is 3.16. The Morgan fingerprint density at radius 2 is 1.97 bits per heavy atom. The van der Waals surface area contributed by atoms with E-state index in [0.717, 1.165) is 42.0 Å². The minimum absolute atomic E-state index is 0.0435. The van der Waals surface area contributed by atoms with E-state index in [4.69, 9.17) is 9.72 Å². The molecule has 0 radical (unpaired) electrons. The number of pyridine rings is 1. The molecule has 0 bridgehead atoms. The molecule has 0 N–H and O–H groups in total. The summed E-state index contributed by atoms with van der Waals surface area (Å²) in [5, 5.41) is 10.3. The molecule has 0 spiro atoms. The van der Waals surface area contributed by atoms with Crippen LogP contribution in [0.3, 0.4) is 0 Å². The van der Waals surface area contributed by atoms with E-state index in [1.54, 1.807) is 29.6 Å². The summed E-state index contributed by atoms with van der Waals surface area (Å²) in [5.74, 6) is 1.50. The molecule has 5 heterocycles. The summed E-state index contributed by atoms with van der Waals surface area (Å²) < 4.78 is 7.52. The molecule has 1 atom stereocenters. The van der Waals surface area contributed by atoms with E-state index >= 15 is 0 Å². The normalized spacial score (nSPS) is 18.4. The van der Waals surface area contributed by atoms with Gasteiger partial charge in [0.1, 0.15) is 23.6 Å². The number of fused-ring (bicyclic) bond motifs is 1. The maximum Gasteiger partial charge on any atom is 0.410 e. The van der Waals surface area contributed by atoms with E-state index in [1.807, 2.05) is 31.5 Å². The van der Waals surface area contributed by atoms with Gasteiger partial charge in [0.15, 0.2) is 5.65 Å². The molecule has 182 valence electrons. The first-order chi connectivity index (χ1) is 16.7. The Balaban J connectivity index is 1.52. The van der Waals surface area contributed by atoms with Gasteiger partial charge in [0.2, 0.25) is 0 Å². The number of carbonyl (C=O) groups excluding carboxylic acids is 1. The topological polar surface area (TPSA) is 103 Å². The van der Waals surface area contributed by atoms with Gasteiger partial charge < -0.3 is 19.4 Å². The van der Waals surface area contributed by atoms with E-state index in [0.29, 0.717) is 31.0 Å².